The lowest BCUT2D eigenvalue weighted by molar-refractivity contribution is -0.614. The molecule has 1 atom stereocenters. The molecule has 0 unspecified atom stereocenters. The number of nitrogens with zero attached hydrogens (tertiary/aromatic N) is 2. The van der Waals surface area contributed by atoms with Crippen molar-refractivity contribution in [3.63, 3.8) is 0 Å². The Morgan fingerprint density at radius 1 is 1.09 bits per heavy atom. The van der Waals surface area contributed by atoms with Crippen LogP contribution in [0.2, 0.25) is 5.02 Å². The number of carbonyl (C=O) groups excluding carboxylic acids is 1. The first kappa shape index (κ1) is 22.7. The Bertz CT molecular complexity index is 1470. The van der Waals surface area contributed by atoms with Crippen molar-refractivity contribution >= 4 is 28.9 Å². The van der Waals surface area contributed by atoms with Gasteiger partial charge in [0.05, 0.1) is 11.6 Å². The van der Waals surface area contributed by atoms with Gasteiger partial charge in [-0.3, -0.25) is 9.79 Å². The van der Waals surface area contributed by atoms with Crippen LogP contribution in [0.1, 0.15) is 33.1 Å². The van der Waals surface area contributed by atoms with E-state index in [4.69, 9.17) is 22.3 Å². The lowest BCUT2D eigenvalue weighted by Crippen LogP contribution is -2.36. The molecule has 1 amide bonds. The monoisotopic (exact) mass is 485 g/mol. The molecular weight excluding hydrogens is 465 g/mol. The minimum atomic E-state index is -0.606. The normalized spacial score (nSPS) is 13.3. The molecule has 5 rings (SSSR count). The summed E-state index contributed by atoms with van der Waals surface area (Å²) in [7, 11) is 0. The van der Waals surface area contributed by atoms with E-state index < -0.39 is 5.91 Å². The number of nitrogens with two attached hydrogens (primary N) is 1. The molecule has 0 aliphatic carbocycles. The summed E-state index contributed by atoms with van der Waals surface area (Å²) in [5.74, 6) is -1.27. The number of primary amides is 1. The van der Waals surface area contributed by atoms with Crippen LogP contribution < -0.4 is 10.5 Å². The molecule has 3 aromatic carbocycles. The number of amides is 1. The van der Waals surface area contributed by atoms with E-state index in [-0.39, 0.29) is 17.3 Å². The Labute approximate surface area is 206 Å². The van der Waals surface area contributed by atoms with Gasteiger partial charge in [-0.2, -0.15) is 4.73 Å². The molecule has 2 heterocycles. The number of halogens is 2. The van der Waals surface area contributed by atoms with E-state index in [1.165, 1.54) is 18.3 Å². The zero-order valence-corrected chi connectivity index (χ0v) is 19.4. The van der Waals surface area contributed by atoms with E-state index in [2.05, 4.69) is 0 Å². The molecule has 5 nitrogen and oxygen atoms in total. The second-order valence-corrected chi connectivity index (χ2v) is 8.95. The predicted octanol–water partition coefficient (Wildman–Crippen LogP) is 5.53. The largest absolute Gasteiger partial charge is 0.618 e. The third-order valence-electron chi connectivity index (χ3n) is 6.23. The smallest absolute Gasteiger partial charge is 0.249 e. The van der Waals surface area contributed by atoms with Crippen molar-refractivity contribution < 1.29 is 13.9 Å². The fraction of sp³-hybridized carbons (Fsp3) is 0.107. The van der Waals surface area contributed by atoms with E-state index >= 15 is 0 Å². The molecule has 1 aliphatic heterocycles. The van der Waals surface area contributed by atoms with Gasteiger partial charge in [0.2, 0.25) is 11.6 Å². The number of hydrogen-bond donors (Lipinski definition) is 1. The van der Waals surface area contributed by atoms with Crippen molar-refractivity contribution in [1.29, 1.82) is 0 Å². The SMILES string of the molecule is NC(=O)c1ccc(Cl)cc1-c1ccc([C@H](Cc2ccccc2)C2=Nc3cc(F)ccc3C2)[n+]([O-])c1. The summed E-state index contributed by atoms with van der Waals surface area (Å²) in [5, 5.41) is 13.8. The minimum absolute atomic E-state index is 0.278. The van der Waals surface area contributed by atoms with Crippen molar-refractivity contribution in [2.24, 2.45) is 10.7 Å². The lowest BCUT2D eigenvalue weighted by Gasteiger charge is -2.18. The third-order valence-corrected chi connectivity index (χ3v) is 6.46. The van der Waals surface area contributed by atoms with Gasteiger partial charge in [0, 0.05) is 39.9 Å². The zero-order valence-electron chi connectivity index (χ0n) is 18.6. The second kappa shape index (κ2) is 9.31. The number of aliphatic imine (C=N–C) groups is 1. The highest BCUT2D eigenvalue weighted by Crippen LogP contribution is 2.34. The Kier molecular flexibility index (Phi) is 6.05. The third kappa shape index (κ3) is 4.66. The average Bonchev–Trinajstić information content (AvgIpc) is 3.26. The number of rotatable bonds is 6. The lowest BCUT2D eigenvalue weighted by atomic mass is 9.88. The van der Waals surface area contributed by atoms with Crippen LogP contribution in [0.25, 0.3) is 11.1 Å². The van der Waals surface area contributed by atoms with E-state index in [1.807, 2.05) is 30.3 Å². The maximum Gasteiger partial charge on any atom is 0.249 e. The molecule has 1 aliphatic rings. The van der Waals surface area contributed by atoms with Gasteiger partial charge in [-0.15, -0.1) is 0 Å². The topological polar surface area (TPSA) is 82.4 Å². The molecule has 0 saturated carbocycles. The van der Waals surface area contributed by atoms with Gasteiger partial charge in [-0.1, -0.05) is 48.0 Å². The van der Waals surface area contributed by atoms with E-state index in [9.17, 15) is 14.4 Å². The first-order valence-electron chi connectivity index (χ1n) is 11.1. The highest BCUT2D eigenvalue weighted by Gasteiger charge is 2.30. The van der Waals surface area contributed by atoms with Crippen LogP contribution in [-0.4, -0.2) is 11.6 Å². The predicted molar refractivity (Wildman–Crippen MR) is 134 cm³/mol. The number of pyridine rings is 1. The van der Waals surface area contributed by atoms with Gasteiger partial charge in [0.1, 0.15) is 5.82 Å². The van der Waals surface area contributed by atoms with Gasteiger partial charge in [0.15, 0.2) is 6.20 Å². The first-order valence-corrected chi connectivity index (χ1v) is 11.5. The molecule has 0 spiro atoms. The van der Waals surface area contributed by atoms with Gasteiger partial charge in [-0.05, 0) is 53.9 Å². The van der Waals surface area contributed by atoms with Gasteiger partial charge in [-0.25, -0.2) is 4.39 Å². The van der Waals surface area contributed by atoms with E-state index in [0.29, 0.717) is 40.4 Å². The van der Waals surface area contributed by atoms with Crippen LogP contribution in [0, 0.1) is 11.0 Å². The van der Waals surface area contributed by atoms with Crippen molar-refractivity contribution in [3.05, 3.63) is 123 Å². The molecule has 2 N–H and O–H groups in total. The summed E-state index contributed by atoms with van der Waals surface area (Å²) in [5.41, 5.74) is 10.7. The quantitative estimate of drug-likeness (QED) is 0.287. The van der Waals surface area contributed by atoms with Crippen LogP contribution >= 0.6 is 11.6 Å². The second-order valence-electron chi connectivity index (χ2n) is 8.52. The molecule has 0 saturated heterocycles. The molecule has 1 aromatic heterocycles. The molecule has 35 heavy (non-hydrogen) atoms. The molecule has 7 heteroatoms. The van der Waals surface area contributed by atoms with Gasteiger partial charge >= 0.3 is 0 Å². The average molecular weight is 486 g/mol. The summed E-state index contributed by atoms with van der Waals surface area (Å²) in [6.45, 7) is 0. The highest BCUT2D eigenvalue weighted by atomic mass is 35.5. The van der Waals surface area contributed by atoms with Gasteiger partial charge in [0.25, 0.3) is 0 Å². The molecule has 0 fully saturated rings. The summed E-state index contributed by atoms with van der Waals surface area (Å²) in [6, 6.07) is 22.7. The highest BCUT2D eigenvalue weighted by molar-refractivity contribution is 6.31. The fourth-order valence-corrected chi connectivity index (χ4v) is 4.69. The number of hydrogen-bond acceptors (Lipinski definition) is 3. The minimum Gasteiger partial charge on any atom is -0.618 e. The van der Waals surface area contributed by atoms with Crippen molar-refractivity contribution in [2.45, 2.75) is 18.8 Å². The summed E-state index contributed by atoms with van der Waals surface area (Å²) in [4.78, 5) is 16.6. The standard InChI is InChI=1S/C28H21ClFN3O2/c29-20-8-10-22(28(31)34)23(14-20)19-7-11-27(33(35)16-19)24(12-17-4-2-1-3-5-17)26-13-18-6-9-21(30)15-25(18)32-26/h1-11,14-16,24H,12-13H2,(H2,31,34)/t24-/m1/s1. The van der Waals surface area contributed by atoms with Crippen molar-refractivity contribution in [3.8, 4) is 11.1 Å². The molecule has 0 bridgehead atoms. The van der Waals surface area contributed by atoms with Crippen molar-refractivity contribution in [1.82, 2.24) is 0 Å². The van der Waals surface area contributed by atoms with Crippen LogP contribution in [-0.2, 0) is 12.8 Å². The van der Waals surface area contributed by atoms with Crippen LogP contribution in [0.4, 0.5) is 10.1 Å². The summed E-state index contributed by atoms with van der Waals surface area (Å²) >= 11 is 6.15. The zero-order chi connectivity index (χ0) is 24.5. The number of benzene rings is 3. The molecule has 4 aromatic rings. The Morgan fingerprint density at radius 2 is 1.89 bits per heavy atom. The Balaban J connectivity index is 1.57. The fourth-order valence-electron chi connectivity index (χ4n) is 4.52. The number of aromatic nitrogens is 1. The van der Waals surface area contributed by atoms with Crippen molar-refractivity contribution in [2.75, 3.05) is 0 Å². The van der Waals surface area contributed by atoms with Crippen LogP contribution in [0.3, 0.4) is 0 Å². The van der Waals surface area contributed by atoms with Gasteiger partial charge < -0.3 is 10.9 Å². The van der Waals surface area contributed by atoms with Crippen LogP contribution in [0.15, 0.2) is 90.1 Å². The number of carbonyl (C=O) groups is 1. The molecule has 174 valence electrons. The first-order chi connectivity index (χ1) is 16.9. The molecular formula is C28H21ClFN3O2. The van der Waals surface area contributed by atoms with E-state index in [0.717, 1.165) is 21.6 Å². The van der Waals surface area contributed by atoms with E-state index in [1.54, 1.807) is 36.4 Å². The summed E-state index contributed by atoms with van der Waals surface area (Å²) in [6.07, 6.45) is 2.52. The summed E-state index contributed by atoms with van der Waals surface area (Å²) < 4.78 is 14.6. The maximum atomic E-state index is 13.8. The molecule has 0 radical (unpaired) electrons. The van der Waals surface area contributed by atoms with Crippen LogP contribution in [0.5, 0.6) is 0 Å². The Morgan fingerprint density at radius 3 is 2.63 bits per heavy atom. The maximum absolute atomic E-state index is 13.8. The Hall–Kier alpha value is -4.03. The number of fused-ring (bicyclic) bond motifs is 1.